The SMILES string of the molecule is CC(=O)N1CCC(Oc2ccc(Cl)cc2C(=O)N2C[C@@H]3CCC[C@H]2C3)CC1. The second kappa shape index (κ2) is 7.70. The van der Waals surface area contributed by atoms with Gasteiger partial charge in [-0.3, -0.25) is 9.59 Å². The molecule has 146 valence electrons. The molecule has 0 N–H and O–H groups in total. The van der Waals surface area contributed by atoms with Crippen LogP contribution in [-0.2, 0) is 4.79 Å². The topological polar surface area (TPSA) is 49.9 Å². The number of likely N-dealkylation sites (tertiary alicyclic amines) is 2. The Balaban J connectivity index is 1.49. The Hall–Kier alpha value is -1.75. The van der Waals surface area contributed by atoms with Gasteiger partial charge in [-0.05, 0) is 43.4 Å². The summed E-state index contributed by atoms with van der Waals surface area (Å²) in [6.45, 7) is 3.86. The minimum atomic E-state index is 0.0196. The second-order valence-corrected chi connectivity index (χ2v) is 8.54. The van der Waals surface area contributed by atoms with Gasteiger partial charge in [0.2, 0.25) is 5.91 Å². The Morgan fingerprint density at radius 2 is 1.93 bits per heavy atom. The summed E-state index contributed by atoms with van der Waals surface area (Å²) in [5.41, 5.74) is 0.573. The summed E-state index contributed by atoms with van der Waals surface area (Å²) in [4.78, 5) is 28.7. The number of benzene rings is 1. The zero-order valence-electron chi connectivity index (χ0n) is 15.8. The van der Waals surface area contributed by atoms with Gasteiger partial charge in [0.25, 0.3) is 5.91 Å². The monoisotopic (exact) mass is 390 g/mol. The quantitative estimate of drug-likeness (QED) is 0.789. The van der Waals surface area contributed by atoms with Crippen LogP contribution in [0.1, 0.15) is 55.8 Å². The smallest absolute Gasteiger partial charge is 0.257 e. The molecule has 2 heterocycles. The van der Waals surface area contributed by atoms with Gasteiger partial charge < -0.3 is 14.5 Å². The lowest BCUT2D eigenvalue weighted by Gasteiger charge is -2.32. The third-order valence-corrected chi connectivity index (χ3v) is 6.50. The maximum atomic E-state index is 13.3. The lowest BCUT2D eigenvalue weighted by Crippen LogP contribution is -2.41. The van der Waals surface area contributed by atoms with Crippen LogP contribution in [0.25, 0.3) is 0 Å². The van der Waals surface area contributed by atoms with Crippen molar-refractivity contribution in [3.63, 3.8) is 0 Å². The molecule has 2 atom stereocenters. The van der Waals surface area contributed by atoms with Crippen LogP contribution in [-0.4, -0.2) is 53.4 Å². The van der Waals surface area contributed by atoms with Gasteiger partial charge in [0.05, 0.1) is 5.56 Å². The number of rotatable bonds is 3. The Bertz CT molecular complexity index is 730. The van der Waals surface area contributed by atoms with E-state index in [1.165, 1.54) is 12.8 Å². The van der Waals surface area contributed by atoms with Crippen molar-refractivity contribution in [2.45, 2.75) is 57.6 Å². The molecule has 1 saturated carbocycles. The van der Waals surface area contributed by atoms with Crippen molar-refractivity contribution in [3.05, 3.63) is 28.8 Å². The highest BCUT2D eigenvalue weighted by atomic mass is 35.5. The van der Waals surface area contributed by atoms with Gasteiger partial charge in [-0.2, -0.15) is 0 Å². The van der Waals surface area contributed by atoms with E-state index < -0.39 is 0 Å². The van der Waals surface area contributed by atoms with Crippen LogP contribution >= 0.6 is 11.6 Å². The lowest BCUT2D eigenvalue weighted by atomic mass is 9.90. The molecule has 5 nitrogen and oxygen atoms in total. The first-order valence-corrected chi connectivity index (χ1v) is 10.4. The van der Waals surface area contributed by atoms with Crippen LogP contribution in [0.2, 0.25) is 5.02 Å². The third-order valence-electron chi connectivity index (χ3n) is 6.26. The first-order chi connectivity index (χ1) is 13.0. The number of fused-ring (bicyclic) bond motifs is 2. The van der Waals surface area contributed by atoms with Gasteiger partial charge in [-0.15, -0.1) is 0 Å². The zero-order chi connectivity index (χ0) is 19.0. The van der Waals surface area contributed by atoms with Crippen molar-refractivity contribution in [2.24, 2.45) is 5.92 Å². The molecule has 3 fully saturated rings. The van der Waals surface area contributed by atoms with E-state index in [0.29, 0.717) is 41.4 Å². The minimum absolute atomic E-state index is 0.0196. The van der Waals surface area contributed by atoms with Gasteiger partial charge in [-0.1, -0.05) is 18.0 Å². The summed E-state index contributed by atoms with van der Waals surface area (Å²) in [5.74, 6) is 1.42. The number of hydrogen-bond donors (Lipinski definition) is 0. The number of carbonyl (C=O) groups is 2. The van der Waals surface area contributed by atoms with Gasteiger partial charge in [0.1, 0.15) is 11.9 Å². The second-order valence-electron chi connectivity index (χ2n) is 8.11. The summed E-state index contributed by atoms with van der Waals surface area (Å²) in [7, 11) is 0. The molecule has 3 aliphatic rings. The maximum Gasteiger partial charge on any atom is 0.257 e. The summed E-state index contributed by atoms with van der Waals surface area (Å²) < 4.78 is 6.22. The number of amides is 2. The third kappa shape index (κ3) is 3.93. The first-order valence-electron chi connectivity index (χ1n) is 10.0. The summed E-state index contributed by atoms with van der Waals surface area (Å²) in [5, 5.41) is 0.555. The van der Waals surface area contributed by atoms with Gasteiger partial charge in [-0.25, -0.2) is 0 Å². The fourth-order valence-corrected chi connectivity index (χ4v) is 4.95. The molecular weight excluding hydrogens is 364 g/mol. The normalized spacial score (nSPS) is 25.6. The van der Waals surface area contributed by atoms with Crippen LogP contribution in [0.15, 0.2) is 18.2 Å². The van der Waals surface area contributed by atoms with Crippen LogP contribution < -0.4 is 4.74 Å². The first kappa shape index (κ1) is 18.6. The fourth-order valence-electron chi connectivity index (χ4n) is 4.78. The van der Waals surface area contributed by atoms with E-state index in [0.717, 1.165) is 32.2 Å². The zero-order valence-corrected chi connectivity index (χ0v) is 16.6. The van der Waals surface area contributed by atoms with Crippen LogP contribution in [0.4, 0.5) is 0 Å². The molecular formula is C21H27ClN2O3. The van der Waals surface area contributed by atoms with E-state index in [2.05, 4.69) is 0 Å². The fraction of sp³-hybridized carbons (Fsp3) is 0.619. The number of carbonyl (C=O) groups excluding carboxylic acids is 2. The number of hydrogen-bond acceptors (Lipinski definition) is 3. The number of nitrogens with zero attached hydrogens (tertiary/aromatic N) is 2. The summed E-state index contributed by atoms with van der Waals surface area (Å²) in [6.07, 6.45) is 6.26. The highest BCUT2D eigenvalue weighted by molar-refractivity contribution is 6.31. The molecule has 2 bridgehead atoms. The molecule has 1 aromatic carbocycles. The Labute approximate surface area is 165 Å². The van der Waals surface area contributed by atoms with Gasteiger partial charge in [0, 0.05) is 50.5 Å². The number of ether oxygens (including phenoxy) is 1. The van der Waals surface area contributed by atoms with Crippen molar-refractivity contribution in [1.82, 2.24) is 9.80 Å². The summed E-state index contributed by atoms with van der Waals surface area (Å²) >= 11 is 6.21. The molecule has 0 unspecified atom stereocenters. The van der Waals surface area contributed by atoms with Crippen molar-refractivity contribution >= 4 is 23.4 Å². The molecule has 0 aromatic heterocycles. The summed E-state index contributed by atoms with van der Waals surface area (Å²) in [6, 6.07) is 5.70. The largest absolute Gasteiger partial charge is 0.489 e. The predicted molar refractivity (Wildman–Crippen MR) is 104 cm³/mol. The van der Waals surface area contributed by atoms with E-state index in [1.807, 2.05) is 15.9 Å². The van der Waals surface area contributed by atoms with Crippen LogP contribution in [0.3, 0.4) is 0 Å². The predicted octanol–water partition coefficient (Wildman–Crippen LogP) is 3.74. The molecule has 0 spiro atoms. The van der Waals surface area contributed by atoms with Crippen LogP contribution in [0.5, 0.6) is 5.75 Å². The van der Waals surface area contributed by atoms with Crippen LogP contribution in [0, 0.1) is 5.92 Å². The maximum absolute atomic E-state index is 13.3. The minimum Gasteiger partial charge on any atom is -0.489 e. The van der Waals surface area contributed by atoms with E-state index >= 15 is 0 Å². The van der Waals surface area contributed by atoms with Crippen molar-refractivity contribution in [3.8, 4) is 5.75 Å². The van der Waals surface area contributed by atoms with E-state index in [9.17, 15) is 9.59 Å². The Morgan fingerprint density at radius 1 is 1.15 bits per heavy atom. The molecule has 0 radical (unpaired) electrons. The van der Waals surface area contributed by atoms with Crippen molar-refractivity contribution in [2.75, 3.05) is 19.6 Å². The molecule has 1 aliphatic carbocycles. The molecule has 6 heteroatoms. The number of halogens is 1. The average Bonchev–Trinajstić information content (AvgIpc) is 2.96. The molecule has 27 heavy (non-hydrogen) atoms. The molecule has 2 aliphatic heterocycles. The van der Waals surface area contributed by atoms with E-state index in [1.54, 1.807) is 19.1 Å². The Kier molecular flexibility index (Phi) is 5.31. The lowest BCUT2D eigenvalue weighted by molar-refractivity contribution is -0.130. The molecule has 4 rings (SSSR count). The molecule has 2 saturated heterocycles. The van der Waals surface area contributed by atoms with Crippen molar-refractivity contribution < 1.29 is 14.3 Å². The van der Waals surface area contributed by atoms with E-state index in [-0.39, 0.29) is 17.9 Å². The van der Waals surface area contributed by atoms with Gasteiger partial charge >= 0.3 is 0 Å². The number of piperidine rings is 1. The van der Waals surface area contributed by atoms with Gasteiger partial charge in [0.15, 0.2) is 0 Å². The average molecular weight is 391 g/mol. The molecule has 2 amide bonds. The Morgan fingerprint density at radius 3 is 2.63 bits per heavy atom. The molecule has 1 aromatic rings. The van der Waals surface area contributed by atoms with E-state index in [4.69, 9.17) is 16.3 Å². The highest BCUT2D eigenvalue weighted by Gasteiger charge is 2.39. The standard InChI is InChI=1S/C21H27ClN2O3/c1-14(25)23-9-7-18(8-10-23)27-20-6-5-16(22)12-19(20)21(26)24-13-15-3-2-4-17(24)11-15/h5-6,12,15,17-18H,2-4,7-11,13H2,1H3/t15-,17+/m1/s1. The van der Waals surface area contributed by atoms with Crippen molar-refractivity contribution in [1.29, 1.82) is 0 Å². The highest BCUT2D eigenvalue weighted by Crippen LogP contribution is 2.37.